The molecule has 1 atom stereocenters. The second-order valence-electron chi connectivity index (χ2n) is 8.94. The first-order chi connectivity index (χ1) is 15.4. The molecular formula is C26H46O5Si. The molecule has 1 rings (SSSR count). The highest BCUT2D eigenvalue weighted by Gasteiger charge is 2.34. The van der Waals surface area contributed by atoms with E-state index in [0.29, 0.717) is 6.42 Å². The van der Waals surface area contributed by atoms with E-state index in [0.717, 1.165) is 41.9 Å². The van der Waals surface area contributed by atoms with Gasteiger partial charge in [-0.3, -0.25) is 9.59 Å². The lowest BCUT2D eigenvalue weighted by molar-refractivity contribution is -0.158. The van der Waals surface area contributed by atoms with E-state index in [4.69, 9.17) is 13.9 Å². The average molecular weight is 467 g/mol. The van der Waals surface area contributed by atoms with E-state index in [-0.39, 0.29) is 12.6 Å². The van der Waals surface area contributed by atoms with Crippen LogP contribution in [-0.4, -0.2) is 26.6 Å². The maximum atomic E-state index is 12.2. The molecule has 32 heavy (non-hydrogen) atoms. The van der Waals surface area contributed by atoms with E-state index in [1.54, 1.807) is 6.26 Å². The lowest BCUT2D eigenvalue weighted by Crippen LogP contribution is -2.44. The lowest BCUT2D eigenvalue weighted by atomic mass is 10.1. The SMILES string of the molecule is CCCCCCCCCCCC(=O)OCC(OC(C)=O)c1coc([Si](CC)(CC)CC)c1. The number of unbranched alkanes of at least 4 members (excludes halogenated alkanes) is 8. The molecule has 1 heterocycles. The smallest absolute Gasteiger partial charge is 0.305 e. The number of carbonyl (C=O) groups is 2. The van der Waals surface area contributed by atoms with Crippen LogP contribution in [0.15, 0.2) is 16.7 Å². The van der Waals surface area contributed by atoms with Gasteiger partial charge in [-0.25, -0.2) is 0 Å². The highest BCUT2D eigenvalue weighted by atomic mass is 28.3. The zero-order valence-electron chi connectivity index (χ0n) is 21.2. The van der Waals surface area contributed by atoms with Crippen LogP contribution in [0.3, 0.4) is 0 Å². The van der Waals surface area contributed by atoms with Crippen molar-refractivity contribution in [1.82, 2.24) is 0 Å². The van der Waals surface area contributed by atoms with E-state index in [2.05, 4.69) is 27.7 Å². The number of hydrogen-bond donors (Lipinski definition) is 0. The fourth-order valence-electron chi connectivity index (χ4n) is 4.29. The Morgan fingerprint density at radius 1 is 0.906 bits per heavy atom. The Morgan fingerprint density at radius 2 is 1.47 bits per heavy atom. The molecule has 0 fully saturated rings. The molecule has 0 spiro atoms. The third-order valence-electron chi connectivity index (χ3n) is 6.73. The topological polar surface area (TPSA) is 65.7 Å². The first-order valence-corrected chi connectivity index (χ1v) is 15.5. The molecule has 5 nitrogen and oxygen atoms in total. The zero-order valence-corrected chi connectivity index (χ0v) is 22.2. The van der Waals surface area contributed by atoms with Crippen LogP contribution in [0.5, 0.6) is 0 Å². The predicted octanol–water partition coefficient (Wildman–Crippen LogP) is 7.06. The Bertz CT molecular complexity index is 642. The van der Waals surface area contributed by atoms with E-state index < -0.39 is 20.1 Å². The van der Waals surface area contributed by atoms with Crippen LogP contribution in [0.25, 0.3) is 0 Å². The summed E-state index contributed by atoms with van der Waals surface area (Å²) >= 11 is 0. The largest absolute Gasteiger partial charge is 0.474 e. The first kappa shape index (κ1) is 28.5. The summed E-state index contributed by atoms with van der Waals surface area (Å²) in [6.45, 7) is 10.3. The van der Waals surface area contributed by atoms with Crippen LogP contribution in [0.2, 0.25) is 18.1 Å². The monoisotopic (exact) mass is 466 g/mol. The predicted molar refractivity (Wildman–Crippen MR) is 133 cm³/mol. The number of furan rings is 1. The average Bonchev–Trinajstić information content (AvgIpc) is 3.27. The minimum Gasteiger partial charge on any atom is -0.474 e. The van der Waals surface area contributed by atoms with Crippen molar-refractivity contribution in [2.75, 3.05) is 6.61 Å². The summed E-state index contributed by atoms with van der Waals surface area (Å²) < 4.78 is 16.8. The maximum Gasteiger partial charge on any atom is 0.305 e. The van der Waals surface area contributed by atoms with Gasteiger partial charge >= 0.3 is 11.9 Å². The Balaban J connectivity index is 2.47. The number of carbonyl (C=O) groups excluding carboxylic acids is 2. The molecule has 0 bridgehead atoms. The summed E-state index contributed by atoms with van der Waals surface area (Å²) in [5.74, 6) is -0.620. The highest BCUT2D eigenvalue weighted by Crippen LogP contribution is 2.25. The molecule has 0 radical (unpaired) electrons. The van der Waals surface area contributed by atoms with Crippen LogP contribution in [0.1, 0.15) is 110 Å². The van der Waals surface area contributed by atoms with Gasteiger partial charge in [-0.1, -0.05) is 97.2 Å². The molecule has 0 aliphatic carbocycles. The lowest BCUT2D eigenvalue weighted by Gasteiger charge is -2.24. The molecule has 0 aromatic carbocycles. The van der Waals surface area contributed by atoms with Crippen LogP contribution in [0.4, 0.5) is 0 Å². The minimum absolute atomic E-state index is 0.0355. The minimum atomic E-state index is -1.66. The quantitative estimate of drug-likeness (QED) is 0.132. The molecule has 0 saturated heterocycles. The molecule has 184 valence electrons. The van der Waals surface area contributed by atoms with Crippen molar-refractivity contribution in [3.8, 4) is 0 Å². The number of ether oxygens (including phenoxy) is 2. The summed E-state index contributed by atoms with van der Waals surface area (Å²) in [4.78, 5) is 23.8. The van der Waals surface area contributed by atoms with Crippen molar-refractivity contribution < 1.29 is 23.5 Å². The van der Waals surface area contributed by atoms with Crippen molar-refractivity contribution in [2.24, 2.45) is 0 Å². The van der Waals surface area contributed by atoms with Gasteiger partial charge in [0, 0.05) is 18.9 Å². The summed E-state index contributed by atoms with van der Waals surface area (Å²) in [7, 11) is -1.66. The summed E-state index contributed by atoms with van der Waals surface area (Å²) in [5, 5.41) is 1.04. The molecular weight excluding hydrogens is 420 g/mol. The van der Waals surface area contributed by atoms with E-state index in [1.165, 1.54) is 51.9 Å². The van der Waals surface area contributed by atoms with Gasteiger partial charge in [0.05, 0.1) is 11.6 Å². The summed E-state index contributed by atoms with van der Waals surface area (Å²) in [5.41, 5.74) is 0.776. The van der Waals surface area contributed by atoms with E-state index in [9.17, 15) is 9.59 Å². The molecule has 0 aliphatic heterocycles. The van der Waals surface area contributed by atoms with Crippen LogP contribution in [0, 0.1) is 0 Å². The molecule has 0 aliphatic rings. The highest BCUT2D eigenvalue weighted by molar-refractivity contribution is 6.90. The van der Waals surface area contributed by atoms with Gasteiger partial charge in [-0.2, -0.15) is 0 Å². The molecule has 6 heteroatoms. The second-order valence-corrected chi connectivity index (χ2v) is 14.1. The molecule has 0 saturated carbocycles. The van der Waals surface area contributed by atoms with Gasteiger partial charge in [0.1, 0.15) is 14.7 Å². The number of hydrogen-bond acceptors (Lipinski definition) is 5. The standard InChI is InChI=1S/C26H46O5Si/c1-6-10-11-12-13-14-15-16-17-18-25(28)29-21-24(31-22(5)27)23-19-26(30-20-23)32(7-2,8-3)9-4/h19-20,24H,6-18,21H2,1-5H3. The van der Waals surface area contributed by atoms with Crippen molar-refractivity contribution in [1.29, 1.82) is 0 Å². The molecule has 0 amide bonds. The first-order valence-electron chi connectivity index (χ1n) is 12.8. The third-order valence-corrected chi connectivity index (χ3v) is 12.1. The number of rotatable bonds is 18. The molecule has 1 aromatic heterocycles. The van der Waals surface area contributed by atoms with Gasteiger partial charge in [0.15, 0.2) is 6.10 Å². The molecule has 1 aromatic rings. The molecule has 1 unspecified atom stereocenters. The van der Waals surface area contributed by atoms with Crippen molar-refractivity contribution in [3.63, 3.8) is 0 Å². The Kier molecular flexibility index (Phi) is 14.3. The van der Waals surface area contributed by atoms with Crippen molar-refractivity contribution >= 4 is 25.4 Å². The van der Waals surface area contributed by atoms with Crippen LogP contribution in [-0.2, 0) is 19.1 Å². The number of esters is 2. The second kappa shape index (κ2) is 16.1. The Labute approximate surface area is 196 Å². The van der Waals surface area contributed by atoms with Crippen molar-refractivity contribution in [3.05, 3.63) is 17.9 Å². The maximum absolute atomic E-state index is 12.2. The molecule has 0 N–H and O–H groups in total. The zero-order chi connectivity index (χ0) is 23.8. The Hall–Kier alpha value is -1.56. The van der Waals surface area contributed by atoms with Gasteiger partial charge in [-0.15, -0.1) is 0 Å². The Morgan fingerprint density at radius 3 is 2.00 bits per heavy atom. The fourth-order valence-corrected chi connectivity index (χ4v) is 7.62. The summed E-state index contributed by atoms with van der Waals surface area (Å²) in [6.07, 6.45) is 12.3. The third kappa shape index (κ3) is 9.93. The van der Waals surface area contributed by atoms with E-state index in [1.807, 2.05) is 6.07 Å². The van der Waals surface area contributed by atoms with Gasteiger partial charge in [0.2, 0.25) is 0 Å². The summed E-state index contributed by atoms with van der Waals surface area (Å²) in [6, 6.07) is 5.35. The van der Waals surface area contributed by atoms with Crippen LogP contribution >= 0.6 is 0 Å². The van der Waals surface area contributed by atoms with Crippen LogP contribution < -0.4 is 5.38 Å². The van der Waals surface area contributed by atoms with Gasteiger partial charge in [0.25, 0.3) is 0 Å². The fraction of sp³-hybridized carbons (Fsp3) is 0.769. The normalized spacial score (nSPS) is 12.5. The van der Waals surface area contributed by atoms with Gasteiger partial charge in [-0.05, 0) is 12.5 Å². The van der Waals surface area contributed by atoms with E-state index >= 15 is 0 Å². The van der Waals surface area contributed by atoms with Crippen molar-refractivity contribution in [2.45, 2.75) is 123 Å². The van der Waals surface area contributed by atoms with Gasteiger partial charge < -0.3 is 13.9 Å².